The van der Waals surface area contributed by atoms with E-state index in [4.69, 9.17) is 5.11 Å². The van der Waals surface area contributed by atoms with Crippen LogP contribution in [0.25, 0.3) is 0 Å². The number of aliphatic carboxylic acids is 1. The van der Waals surface area contributed by atoms with Gasteiger partial charge in [-0.3, -0.25) is 9.59 Å². The van der Waals surface area contributed by atoms with Crippen molar-refractivity contribution in [3.63, 3.8) is 0 Å². The first-order chi connectivity index (χ1) is 8.16. The number of nitrogens with one attached hydrogen (secondary N) is 2. The van der Waals surface area contributed by atoms with Crippen LogP contribution in [0.15, 0.2) is 0 Å². The first kappa shape index (κ1) is 15.9. The second kappa shape index (κ2) is 11.4. The summed E-state index contributed by atoms with van der Waals surface area (Å²) in [6.07, 6.45) is 4.00. The molecule has 100 valence electrons. The number of rotatable bonds is 11. The van der Waals surface area contributed by atoms with Crippen LogP contribution >= 0.6 is 0 Å². The summed E-state index contributed by atoms with van der Waals surface area (Å²) in [6, 6.07) is 0. The Bertz CT molecular complexity index is 220. The molecule has 0 aromatic rings. The van der Waals surface area contributed by atoms with Crippen LogP contribution in [0.5, 0.6) is 0 Å². The predicted molar refractivity (Wildman–Crippen MR) is 66.9 cm³/mol. The number of carboxylic acids is 1. The second-order valence-electron chi connectivity index (χ2n) is 4.01. The minimum Gasteiger partial charge on any atom is -0.481 e. The molecule has 0 aliphatic carbocycles. The van der Waals surface area contributed by atoms with E-state index in [0.29, 0.717) is 19.4 Å². The van der Waals surface area contributed by atoms with Gasteiger partial charge in [-0.15, -0.1) is 0 Å². The number of unbranched alkanes of at least 4 members (excludes halogenated alkanes) is 2. The van der Waals surface area contributed by atoms with Gasteiger partial charge in [0, 0.05) is 19.4 Å². The number of amides is 1. The van der Waals surface area contributed by atoms with E-state index in [2.05, 4.69) is 17.6 Å². The molecule has 0 radical (unpaired) electrons. The van der Waals surface area contributed by atoms with E-state index in [1.165, 1.54) is 0 Å². The first-order valence-corrected chi connectivity index (χ1v) is 6.36. The third-order valence-electron chi connectivity index (χ3n) is 2.40. The zero-order valence-electron chi connectivity index (χ0n) is 10.6. The minimum absolute atomic E-state index is 0.0665. The molecule has 0 aromatic heterocycles. The number of hydrogen-bond donors (Lipinski definition) is 3. The Kier molecular flexibility index (Phi) is 10.7. The standard InChI is InChI=1S/C12H24N2O3/c1-2-13-9-5-3-7-11(15)14-10-6-4-8-12(16)17/h13H,2-10H2,1H3,(H,14,15)(H,16,17). The van der Waals surface area contributed by atoms with Crippen molar-refractivity contribution < 1.29 is 14.7 Å². The zero-order chi connectivity index (χ0) is 12.9. The van der Waals surface area contributed by atoms with E-state index < -0.39 is 5.97 Å². The van der Waals surface area contributed by atoms with Gasteiger partial charge in [-0.2, -0.15) is 0 Å². The molecule has 0 heterocycles. The molecule has 0 unspecified atom stereocenters. The van der Waals surface area contributed by atoms with Gasteiger partial charge in [-0.25, -0.2) is 0 Å². The van der Waals surface area contributed by atoms with Crippen LogP contribution in [0.4, 0.5) is 0 Å². The maximum absolute atomic E-state index is 11.3. The van der Waals surface area contributed by atoms with Crippen molar-refractivity contribution in [1.82, 2.24) is 10.6 Å². The lowest BCUT2D eigenvalue weighted by Crippen LogP contribution is -2.24. The maximum atomic E-state index is 11.3. The van der Waals surface area contributed by atoms with Gasteiger partial charge in [0.25, 0.3) is 0 Å². The summed E-state index contributed by atoms with van der Waals surface area (Å²) in [5.74, 6) is -0.712. The Morgan fingerprint density at radius 3 is 2.29 bits per heavy atom. The van der Waals surface area contributed by atoms with E-state index in [1.807, 2.05) is 0 Å². The normalized spacial score (nSPS) is 10.2. The topological polar surface area (TPSA) is 78.4 Å². The van der Waals surface area contributed by atoms with Crippen molar-refractivity contribution in [1.29, 1.82) is 0 Å². The summed E-state index contributed by atoms with van der Waals surface area (Å²) in [4.78, 5) is 21.6. The summed E-state index contributed by atoms with van der Waals surface area (Å²) < 4.78 is 0. The van der Waals surface area contributed by atoms with Gasteiger partial charge in [-0.05, 0) is 38.8 Å². The predicted octanol–water partition coefficient (Wildman–Crippen LogP) is 1.14. The molecule has 0 bridgehead atoms. The summed E-state index contributed by atoms with van der Waals surface area (Å²) >= 11 is 0. The van der Waals surface area contributed by atoms with Gasteiger partial charge in [0.1, 0.15) is 0 Å². The number of hydrogen-bond acceptors (Lipinski definition) is 3. The van der Waals surface area contributed by atoms with E-state index in [9.17, 15) is 9.59 Å². The SMILES string of the molecule is CCNCCCCC(=O)NCCCCC(=O)O. The molecular weight excluding hydrogens is 220 g/mol. The Balaban J connectivity index is 3.20. The van der Waals surface area contributed by atoms with Crippen LogP contribution in [0, 0.1) is 0 Å². The van der Waals surface area contributed by atoms with E-state index in [-0.39, 0.29) is 12.3 Å². The maximum Gasteiger partial charge on any atom is 0.303 e. The van der Waals surface area contributed by atoms with Gasteiger partial charge in [-0.1, -0.05) is 6.92 Å². The number of carbonyl (C=O) groups is 2. The lowest BCUT2D eigenvalue weighted by atomic mass is 10.2. The average molecular weight is 244 g/mol. The van der Waals surface area contributed by atoms with Gasteiger partial charge in [0.15, 0.2) is 0 Å². The van der Waals surface area contributed by atoms with Gasteiger partial charge >= 0.3 is 5.97 Å². The largest absolute Gasteiger partial charge is 0.481 e. The summed E-state index contributed by atoms with van der Waals surface area (Å²) in [6.45, 7) is 4.57. The molecule has 0 saturated carbocycles. The molecule has 3 N–H and O–H groups in total. The van der Waals surface area contributed by atoms with Crippen LogP contribution in [0.1, 0.15) is 45.4 Å². The highest BCUT2D eigenvalue weighted by Crippen LogP contribution is 1.96. The molecular formula is C12H24N2O3. The summed E-state index contributed by atoms with van der Waals surface area (Å²) in [5.41, 5.74) is 0. The molecule has 0 aliphatic heterocycles. The lowest BCUT2D eigenvalue weighted by molar-refractivity contribution is -0.137. The van der Waals surface area contributed by atoms with Crippen LogP contribution in [0.2, 0.25) is 0 Å². The van der Waals surface area contributed by atoms with Gasteiger partial charge < -0.3 is 15.7 Å². The minimum atomic E-state index is -0.778. The molecule has 1 amide bonds. The van der Waals surface area contributed by atoms with E-state index in [1.54, 1.807) is 0 Å². The fourth-order valence-electron chi connectivity index (χ4n) is 1.43. The van der Waals surface area contributed by atoms with Gasteiger partial charge in [0.2, 0.25) is 5.91 Å². The highest BCUT2D eigenvalue weighted by Gasteiger charge is 2.01. The Labute approximate surface area is 103 Å². The quantitative estimate of drug-likeness (QED) is 0.476. The van der Waals surface area contributed by atoms with Crippen LogP contribution in [-0.4, -0.2) is 36.6 Å². The van der Waals surface area contributed by atoms with Crippen LogP contribution in [0.3, 0.4) is 0 Å². The van der Waals surface area contributed by atoms with E-state index >= 15 is 0 Å². The van der Waals surface area contributed by atoms with Crippen molar-refractivity contribution in [2.24, 2.45) is 0 Å². The Hall–Kier alpha value is -1.10. The molecule has 5 nitrogen and oxygen atoms in total. The molecule has 0 spiro atoms. The number of carboxylic acid groups (broad SMARTS) is 1. The highest BCUT2D eigenvalue weighted by molar-refractivity contribution is 5.75. The van der Waals surface area contributed by atoms with Crippen molar-refractivity contribution in [3.05, 3.63) is 0 Å². The molecule has 0 rings (SSSR count). The van der Waals surface area contributed by atoms with Crippen LogP contribution < -0.4 is 10.6 Å². The van der Waals surface area contributed by atoms with E-state index in [0.717, 1.165) is 32.4 Å². The molecule has 0 saturated heterocycles. The fourth-order valence-corrected chi connectivity index (χ4v) is 1.43. The third-order valence-corrected chi connectivity index (χ3v) is 2.40. The van der Waals surface area contributed by atoms with Crippen molar-refractivity contribution >= 4 is 11.9 Å². The fraction of sp³-hybridized carbons (Fsp3) is 0.833. The molecule has 5 heteroatoms. The monoisotopic (exact) mass is 244 g/mol. The number of carbonyl (C=O) groups excluding carboxylic acids is 1. The molecule has 0 aromatic carbocycles. The highest BCUT2D eigenvalue weighted by atomic mass is 16.4. The molecule has 17 heavy (non-hydrogen) atoms. The average Bonchev–Trinajstić information content (AvgIpc) is 2.28. The van der Waals surface area contributed by atoms with Crippen LogP contribution in [-0.2, 0) is 9.59 Å². The first-order valence-electron chi connectivity index (χ1n) is 6.36. The molecule has 0 fully saturated rings. The summed E-state index contributed by atoms with van der Waals surface area (Å²) in [5, 5.41) is 14.4. The Morgan fingerprint density at radius 2 is 1.65 bits per heavy atom. The molecule has 0 aliphatic rings. The Morgan fingerprint density at radius 1 is 1.00 bits per heavy atom. The second-order valence-corrected chi connectivity index (χ2v) is 4.01. The lowest BCUT2D eigenvalue weighted by Gasteiger charge is -2.04. The van der Waals surface area contributed by atoms with Gasteiger partial charge in [0.05, 0.1) is 0 Å². The van der Waals surface area contributed by atoms with Crippen molar-refractivity contribution in [2.75, 3.05) is 19.6 Å². The zero-order valence-corrected chi connectivity index (χ0v) is 10.6. The van der Waals surface area contributed by atoms with Crippen molar-refractivity contribution in [3.8, 4) is 0 Å². The van der Waals surface area contributed by atoms with Crippen molar-refractivity contribution in [2.45, 2.75) is 45.4 Å². The smallest absolute Gasteiger partial charge is 0.303 e. The summed E-state index contributed by atoms with van der Waals surface area (Å²) in [7, 11) is 0. The third kappa shape index (κ3) is 12.8. The molecule has 0 atom stereocenters.